The Bertz CT molecular complexity index is 548. The second kappa shape index (κ2) is 8.47. The van der Waals surface area contributed by atoms with Crippen LogP contribution in [0.4, 0.5) is 9.93 Å². The number of hydrogen-bond acceptors (Lipinski definition) is 8. The molecular formula is C10H10Cl3N3O5S. The van der Waals surface area contributed by atoms with Crippen LogP contribution in [0.1, 0.15) is 18.7 Å². The van der Waals surface area contributed by atoms with Crippen molar-refractivity contribution in [1.82, 2.24) is 4.98 Å². The summed E-state index contributed by atoms with van der Waals surface area (Å²) < 4.78 is 7.59. The van der Waals surface area contributed by atoms with E-state index in [9.17, 15) is 14.5 Å². The first-order valence-corrected chi connectivity index (χ1v) is 7.73. The van der Waals surface area contributed by atoms with Crippen LogP contribution in [0.15, 0.2) is 10.6 Å². The number of anilines is 1. The van der Waals surface area contributed by atoms with E-state index in [2.05, 4.69) is 20.2 Å². The quantitative estimate of drug-likeness (QED) is 0.453. The summed E-state index contributed by atoms with van der Waals surface area (Å²) in [7, 11) is 0. The Balaban J connectivity index is 2.65. The maximum Gasteiger partial charge on any atom is 0.413 e. The molecule has 0 spiro atoms. The molecule has 1 atom stereocenters. The highest BCUT2D eigenvalue weighted by Gasteiger charge is 2.26. The number of nitrogens with one attached hydrogen (secondary N) is 1. The molecule has 0 aromatic carbocycles. The molecule has 1 amide bonds. The lowest BCUT2D eigenvalue weighted by Crippen LogP contribution is -2.21. The third kappa shape index (κ3) is 6.30. The number of rotatable bonds is 6. The molecule has 0 radical (unpaired) electrons. The standard InChI is InChI=1S/C10H10Cl3N3O5S/c1-2-20-7(17)6(16-19)5-3-22-8(14-5)15-9(18)21-4-10(11,12)13/h3,6H,2,4H2,1H3,(H,14,15,18). The lowest BCUT2D eigenvalue weighted by atomic mass is 10.2. The first kappa shape index (κ1) is 18.9. The van der Waals surface area contributed by atoms with E-state index in [1.54, 1.807) is 6.92 Å². The van der Waals surface area contributed by atoms with Crippen LogP contribution in [0.2, 0.25) is 0 Å². The average molecular weight is 391 g/mol. The zero-order chi connectivity index (χ0) is 16.8. The molecule has 0 aliphatic heterocycles. The van der Waals surface area contributed by atoms with E-state index < -0.39 is 28.5 Å². The SMILES string of the molecule is CCOC(=O)C(N=O)c1csc(NC(=O)OCC(Cl)(Cl)Cl)n1. The number of esters is 1. The van der Waals surface area contributed by atoms with Crippen LogP contribution in [0.25, 0.3) is 0 Å². The fraction of sp³-hybridized carbons (Fsp3) is 0.500. The van der Waals surface area contributed by atoms with Gasteiger partial charge in [-0.1, -0.05) is 34.8 Å². The third-order valence-corrected chi connectivity index (χ3v) is 3.10. The lowest BCUT2D eigenvalue weighted by Gasteiger charge is -2.10. The van der Waals surface area contributed by atoms with Crippen LogP contribution in [-0.4, -0.2) is 34.1 Å². The number of hydrogen-bond donors (Lipinski definition) is 1. The van der Waals surface area contributed by atoms with Crippen molar-refractivity contribution >= 4 is 63.3 Å². The molecule has 0 aliphatic carbocycles. The number of ether oxygens (including phenoxy) is 2. The average Bonchev–Trinajstić information content (AvgIpc) is 2.85. The zero-order valence-corrected chi connectivity index (χ0v) is 14.1. The van der Waals surface area contributed by atoms with Gasteiger partial charge >= 0.3 is 12.1 Å². The predicted molar refractivity (Wildman–Crippen MR) is 82.5 cm³/mol. The number of halogens is 3. The third-order valence-electron chi connectivity index (χ3n) is 1.99. The van der Waals surface area contributed by atoms with Crippen LogP contribution >= 0.6 is 46.1 Å². The molecule has 0 fully saturated rings. The number of alkyl halides is 3. The molecule has 12 heteroatoms. The number of thiazole rings is 1. The Hall–Kier alpha value is -1.16. The Labute approximate surface area is 144 Å². The van der Waals surface area contributed by atoms with E-state index in [1.165, 1.54) is 5.38 Å². The molecule has 0 saturated carbocycles. The fourth-order valence-corrected chi connectivity index (χ4v) is 2.06. The normalized spacial score (nSPS) is 12.4. The molecular weight excluding hydrogens is 381 g/mol. The molecule has 1 unspecified atom stereocenters. The van der Waals surface area contributed by atoms with Crippen LogP contribution in [0.3, 0.4) is 0 Å². The topological polar surface area (TPSA) is 107 Å². The molecule has 0 aliphatic rings. The molecule has 1 heterocycles. The fourth-order valence-electron chi connectivity index (χ4n) is 1.18. The number of nitroso groups, excluding NO2 is 1. The van der Waals surface area contributed by atoms with Crippen LogP contribution in [-0.2, 0) is 14.3 Å². The van der Waals surface area contributed by atoms with E-state index in [0.717, 1.165) is 11.3 Å². The monoisotopic (exact) mass is 389 g/mol. The highest BCUT2D eigenvalue weighted by molar-refractivity contribution is 7.13. The highest BCUT2D eigenvalue weighted by Crippen LogP contribution is 2.27. The Morgan fingerprint density at radius 3 is 2.68 bits per heavy atom. The van der Waals surface area contributed by atoms with E-state index in [-0.39, 0.29) is 17.4 Å². The smallest absolute Gasteiger partial charge is 0.413 e. The van der Waals surface area contributed by atoms with Crippen molar-refractivity contribution < 1.29 is 19.1 Å². The molecule has 0 bridgehead atoms. The number of nitrogens with zero attached hydrogens (tertiary/aromatic N) is 2. The van der Waals surface area contributed by atoms with Crippen molar-refractivity contribution in [2.24, 2.45) is 5.18 Å². The zero-order valence-electron chi connectivity index (χ0n) is 11.0. The minimum absolute atomic E-state index is 0.0510. The molecule has 0 saturated heterocycles. The van der Waals surface area contributed by atoms with Gasteiger partial charge in [0.25, 0.3) is 0 Å². The summed E-state index contributed by atoms with van der Waals surface area (Å²) in [5.41, 5.74) is 0.0510. The molecule has 1 aromatic rings. The van der Waals surface area contributed by atoms with Gasteiger partial charge in [0, 0.05) is 5.38 Å². The van der Waals surface area contributed by atoms with Gasteiger partial charge in [0.15, 0.2) is 5.13 Å². The Morgan fingerprint density at radius 2 is 2.14 bits per heavy atom. The van der Waals surface area contributed by atoms with Gasteiger partial charge in [-0.3, -0.25) is 5.32 Å². The first-order valence-electron chi connectivity index (χ1n) is 5.72. The van der Waals surface area contributed by atoms with Crippen molar-refractivity contribution in [2.75, 3.05) is 18.5 Å². The van der Waals surface area contributed by atoms with Gasteiger partial charge in [-0.15, -0.1) is 16.2 Å². The maximum absolute atomic E-state index is 11.5. The summed E-state index contributed by atoms with van der Waals surface area (Å²) in [5, 5.41) is 6.39. The van der Waals surface area contributed by atoms with Crippen molar-refractivity contribution in [2.45, 2.75) is 16.8 Å². The van der Waals surface area contributed by atoms with Gasteiger partial charge in [-0.05, 0) is 12.1 Å². The second-order valence-electron chi connectivity index (χ2n) is 3.65. The molecule has 8 nitrogen and oxygen atoms in total. The molecule has 1 N–H and O–H groups in total. The summed E-state index contributed by atoms with van der Waals surface area (Å²) in [5.74, 6) is -0.826. The van der Waals surface area contributed by atoms with E-state index in [1.807, 2.05) is 0 Å². The van der Waals surface area contributed by atoms with Crippen LogP contribution in [0.5, 0.6) is 0 Å². The molecule has 1 aromatic heterocycles. The largest absolute Gasteiger partial charge is 0.464 e. The molecule has 22 heavy (non-hydrogen) atoms. The second-order valence-corrected chi connectivity index (χ2v) is 7.03. The Morgan fingerprint density at radius 1 is 1.45 bits per heavy atom. The van der Waals surface area contributed by atoms with E-state index in [0.29, 0.717) is 0 Å². The van der Waals surface area contributed by atoms with Gasteiger partial charge in [0.2, 0.25) is 9.83 Å². The van der Waals surface area contributed by atoms with Crippen molar-refractivity contribution in [3.63, 3.8) is 0 Å². The van der Waals surface area contributed by atoms with Crippen LogP contribution in [0, 0.1) is 4.91 Å². The lowest BCUT2D eigenvalue weighted by molar-refractivity contribution is -0.144. The number of amides is 1. The van der Waals surface area contributed by atoms with E-state index in [4.69, 9.17) is 39.5 Å². The van der Waals surface area contributed by atoms with Gasteiger partial charge in [-0.25, -0.2) is 14.6 Å². The minimum atomic E-state index is -1.73. The molecule has 1 rings (SSSR count). The van der Waals surface area contributed by atoms with Gasteiger partial charge < -0.3 is 9.47 Å². The summed E-state index contributed by atoms with van der Waals surface area (Å²) in [6.07, 6.45) is -0.904. The van der Waals surface area contributed by atoms with Crippen molar-refractivity contribution in [1.29, 1.82) is 0 Å². The maximum atomic E-state index is 11.5. The first-order chi connectivity index (χ1) is 10.3. The number of aromatic nitrogens is 1. The predicted octanol–water partition coefficient (Wildman–Crippen LogP) is 3.43. The van der Waals surface area contributed by atoms with Crippen molar-refractivity contribution in [3.8, 4) is 0 Å². The Kier molecular flexibility index (Phi) is 7.27. The molecule has 122 valence electrons. The summed E-state index contributed by atoms with van der Waals surface area (Å²) in [6.45, 7) is 1.24. The van der Waals surface area contributed by atoms with Gasteiger partial charge in [-0.2, -0.15) is 0 Å². The summed E-state index contributed by atoms with van der Waals surface area (Å²) in [6, 6.07) is -1.40. The van der Waals surface area contributed by atoms with Gasteiger partial charge in [0.05, 0.1) is 12.3 Å². The number of carbonyl (C=O) groups excluding carboxylic acids is 2. The summed E-state index contributed by atoms with van der Waals surface area (Å²) >= 11 is 17.2. The van der Waals surface area contributed by atoms with Gasteiger partial charge in [0.1, 0.15) is 6.61 Å². The highest BCUT2D eigenvalue weighted by atomic mass is 35.6. The van der Waals surface area contributed by atoms with Crippen molar-refractivity contribution in [3.05, 3.63) is 16.0 Å². The minimum Gasteiger partial charge on any atom is -0.464 e. The summed E-state index contributed by atoms with van der Waals surface area (Å²) in [4.78, 5) is 37.5. The van der Waals surface area contributed by atoms with E-state index >= 15 is 0 Å². The van der Waals surface area contributed by atoms with Crippen LogP contribution < -0.4 is 5.32 Å². The number of carbonyl (C=O) groups is 2.